The fourth-order valence-electron chi connectivity index (χ4n) is 2.74. The van der Waals surface area contributed by atoms with E-state index in [1.165, 1.54) is 31.4 Å². The summed E-state index contributed by atoms with van der Waals surface area (Å²) in [7, 11) is 0. The molecule has 0 bridgehead atoms. The van der Waals surface area contributed by atoms with Gasteiger partial charge in [0.25, 0.3) is 0 Å². The Morgan fingerprint density at radius 1 is 1.33 bits per heavy atom. The Morgan fingerprint density at radius 3 is 2.61 bits per heavy atom. The van der Waals surface area contributed by atoms with Crippen LogP contribution in [0.5, 0.6) is 0 Å². The van der Waals surface area contributed by atoms with Crippen LogP contribution in [0.25, 0.3) is 0 Å². The Labute approximate surface area is 108 Å². The van der Waals surface area contributed by atoms with Crippen LogP contribution < -0.4 is 0 Å². The van der Waals surface area contributed by atoms with Gasteiger partial charge in [-0.05, 0) is 36.9 Å². The van der Waals surface area contributed by atoms with Crippen molar-refractivity contribution in [3.8, 4) is 0 Å². The largest absolute Gasteiger partial charge is 0.481 e. The lowest BCUT2D eigenvalue weighted by Gasteiger charge is -2.23. The molecule has 0 aliphatic carbocycles. The summed E-state index contributed by atoms with van der Waals surface area (Å²) in [5.41, 5.74) is 2.16. The highest BCUT2D eigenvalue weighted by Crippen LogP contribution is 2.22. The minimum atomic E-state index is -0.770. The molecule has 3 nitrogen and oxygen atoms in total. The van der Waals surface area contributed by atoms with Crippen molar-refractivity contribution in [1.82, 2.24) is 4.90 Å². The van der Waals surface area contributed by atoms with Crippen LogP contribution in [0.3, 0.4) is 0 Å². The highest BCUT2D eigenvalue weighted by Gasteiger charge is 2.22. The van der Waals surface area contributed by atoms with Gasteiger partial charge in [0.1, 0.15) is 0 Å². The molecule has 1 heterocycles. The molecule has 1 N–H and O–H groups in total. The predicted molar refractivity (Wildman–Crippen MR) is 71.5 cm³/mol. The van der Waals surface area contributed by atoms with E-state index in [-0.39, 0.29) is 6.42 Å². The topological polar surface area (TPSA) is 40.5 Å². The van der Waals surface area contributed by atoms with E-state index in [1.54, 1.807) is 0 Å². The average molecular weight is 247 g/mol. The van der Waals surface area contributed by atoms with Crippen LogP contribution in [0.2, 0.25) is 0 Å². The number of hydrogen-bond acceptors (Lipinski definition) is 2. The quantitative estimate of drug-likeness (QED) is 0.869. The molecule has 1 unspecified atom stereocenters. The molecule has 1 saturated heterocycles. The van der Waals surface area contributed by atoms with E-state index < -0.39 is 5.97 Å². The maximum absolute atomic E-state index is 10.6. The summed E-state index contributed by atoms with van der Waals surface area (Å²) in [6.07, 6.45) is 3.95. The Morgan fingerprint density at radius 2 is 2.00 bits per heavy atom. The monoisotopic (exact) mass is 247 g/mol. The number of likely N-dealkylation sites (tertiary alicyclic amines) is 1. The fourth-order valence-corrected chi connectivity index (χ4v) is 2.74. The highest BCUT2D eigenvalue weighted by atomic mass is 16.4. The summed E-state index contributed by atoms with van der Waals surface area (Å²) in [6, 6.07) is 8.71. The molecule has 0 spiro atoms. The number of hydrogen-bond donors (Lipinski definition) is 1. The standard InChI is InChI=1S/C15H21NO2/c1-2-14-4-3-9-16(14)11-13-7-5-12(6-8-13)10-15(17)18/h5-8,14H,2-4,9-11H2,1H3,(H,17,18). The van der Waals surface area contributed by atoms with Crippen molar-refractivity contribution in [2.75, 3.05) is 6.54 Å². The maximum Gasteiger partial charge on any atom is 0.307 e. The number of carboxylic acid groups (broad SMARTS) is 1. The summed E-state index contributed by atoms with van der Waals surface area (Å²) in [6.45, 7) is 4.43. The van der Waals surface area contributed by atoms with Crippen LogP contribution >= 0.6 is 0 Å². The Hall–Kier alpha value is -1.35. The second kappa shape index (κ2) is 6.01. The van der Waals surface area contributed by atoms with Gasteiger partial charge < -0.3 is 5.11 Å². The molecule has 0 saturated carbocycles. The number of nitrogens with zero attached hydrogens (tertiary/aromatic N) is 1. The zero-order valence-electron chi connectivity index (χ0n) is 10.9. The van der Waals surface area contributed by atoms with Crippen LogP contribution in [0.15, 0.2) is 24.3 Å². The Bertz CT molecular complexity index is 399. The fraction of sp³-hybridized carbons (Fsp3) is 0.533. The summed E-state index contributed by atoms with van der Waals surface area (Å²) >= 11 is 0. The average Bonchev–Trinajstić information content (AvgIpc) is 2.78. The second-order valence-electron chi connectivity index (χ2n) is 5.06. The van der Waals surface area contributed by atoms with Crippen LogP contribution in [0.1, 0.15) is 37.3 Å². The van der Waals surface area contributed by atoms with Gasteiger partial charge in [0.15, 0.2) is 0 Å². The van der Waals surface area contributed by atoms with E-state index in [0.29, 0.717) is 0 Å². The predicted octanol–water partition coefficient (Wildman–Crippen LogP) is 2.69. The SMILES string of the molecule is CCC1CCCN1Cc1ccc(CC(=O)O)cc1. The van der Waals surface area contributed by atoms with Gasteiger partial charge in [-0.15, -0.1) is 0 Å². The summed E-state index contributed by atoms with van der Waals surface area (Å²) in [4.78, 5) is 13.1. The summed E-state index contributed by atoms with van der Waals surface area (Å²) in [5.74, 6) is -0.770. The van der Waals surface area contributed by atoms with Gasteiger partial charge in [-0.25, -0.2) is 0 Å². The summed E-state index contributed by atoms with van der Waals surface area (Å²) < 4.78 is 0. The van der Waals surface area contributed by atoms with Gasteiger partial charge in [0, 0.05) is 12.6 Å². The van der Waals surface area contributed by atoms with Crippen LogP contribution in [-0.4, -0.2) is 28.6 Å². The molecule has 1 atom stereocenters. The molecule has 2 rings (SSSR count). The first-order valence-corrected chi connectivity index (χ1v) is 6.72. The molecule has 0 radical (unpaired) electrons. The maximum atomic E-state index is 10.6. The van der Waals surface area contributed by atoms with E-state index in [4.69, 9.17) is 5.11 Å². The molecule has 0 aromatic heterocycles. The van der Waals surface area contributed by atoms with Crippen molar-refractivity contribution >= 4 is 5.97 Å². The molecule has 1 aliphatic rings. The number of benzene rings is 1. The zero-order valence-corrected chi connectivity index (χ0v) is 10.9. The van der Waals surface area contributed by atoms with Crippen molar-refractivity contribution in [2.45, 2.75) is 45.2 Å². The zero-order chi connectivity index (χ0) is 13.0. The third-order valence-corrected chi connectivity index (χ3v) is 3.73. The van der Waals surface area contributed by atoms with Crippen molar-refractivity contribution in [3.63, 3.8) is 0 Å². The van der Waals surface area contributed by atoms with Crippen LogP contribution in [0, 0.1) is 0 Å². The minimum absolute atomic E-state index is 0.113. The molecule has 1 aromatic carbocycles. The molecule has 98 valence electrons. The van der Waals surface area contributed by atoms with E-state index in [2.05, 4.69) is 24.0 Å². The number of carbonyl (C=O) groups is 1. The third-order valence-electron chi connectivity index (χ3n) is 3.73. The number of aliphatic carboxylic acids is 1. The first kappa shape index (κ1) is 13.1. The lowest BCUT2D eigenvalue weighted by atomic mass is 10.1. The first-order valence-electron chi connectivity index (χ1n) is 6.72. The highest BCUT2D eigenvalue weighted by molar-refractivity contribution is 5.70. The van der Waals surface area contributed by atoms with Gasteiger partial charge in [0.2, 0.25) is 0 Å². The Kier molecular flexibility index (Phi) is 4.37. The molecule has 1 aliphatic heterocycles. The number of rotatable bonds is 5. The van der Waals surface area contributed by atoms with Gasteiger partial charge in [-0.3, -0.25) is 9.69 Å². The van der Waals surface area contributed by atoms with Crippen molar-refractivity contribution < 1.29 is 9.90 Å². The molecule has 1 fully saturated rings. The van der Waals surface area contributed by atoms with Crippen molar-refractivity contribution in [2.24, 2.45) is 0 Å². The van der Waals surface area contributed by atoms with Gasteiger partial charge in [-0.2, -0.15) is 0 Å². The van der Waals surface area contributed by atoms with Gasteiger partial charge in [-0.1, -0.05) is 31.2 Å². The molecule has 18 heavy (non-hydrogen) atoms. The van der Waals surface area contributed by atoms with Gasteiger partial charge in [0.05, 0.1) is 6.42 Å². The molecule has 3 heteroatoms. The van der Waals surface area contributed by atoms with Crippen LogP contribution in [0.4, 0.5) is 0 Å². The van der Waals surface area contributed by atoms with E-state index in [0.717, 1.165) is 18.2 Å². The Balaban J connectivity index is 1.95. The normalized spacial score (nSPS) is 20.2. The lowest BCUT2D eigenvalue weighted by molar-refractivity contribution is -0.136. The van der Waals surface area contributed by atoms with Gasteiger partial charge >= 0.3 is 5.97 Å². The molecular formula is C15H21NO2. The van der Waals surface area contributed by atoms with E-state index in [9.17, 15) is 4.79 Å². The smallest absolute Gasteiger partial charge is 0.307 e. The number of carboxylic acids is 1. The lowest BCUT2D eigenvalue weighted by Crippen LogP contribution is -2.28. The second-order valence-corrected chi connectivity index (χ2v) is 5.06. The summed E-state index contributed by atoms with van der Waals surface area (Å²) in [5, 5.41) is 8.72. The minimum Gasteiger partial charge on any atom is -0.481 e. The first-order chi connectivity index (χ1) is 8.69. The molecule has 1 aromatic rings. The third kappa shape index (κ3) is 3.33. The van der Waals surface area contributed by atoms with Crippen molar-refractivity contribution in [3.05, 3.63) is 35.4 Å². The van der Waals surface area contributed by atoms with Crippen molar-refractivity contribution in [1.29, 1.82) is 0 Å². The van der Waals surface area contributed by atoms with E-state index >= 15 is 0 Å². The molecular weight excluding hydrogens is 226 g/mol. The van der Waals surface area contributed by atoms with Crippen LogP contribution in [-0.2, 0) is 17.8 Å². The molecule has 0 amide bonds. The van der Waals surface area contributed by atoms with E-state index in [1.807, 2.05) is 12.1 Å².